The second-order valence-corrected chi connectivity index (χ2v) is 32.2. The van der Waals surface area contributed by atoms with Crippen molar-refractivity contribution in [2.24, 2.45) is 0 Å². The highest BCUT2D eigenvalue weighted by molar-refractivity contribution is 6.18. The van der Waals surface area contributed by atoms with Gasteiger partial charge in [0.15, 0.2) is 5.58 Å². The molecule has 3 heterocycles. The minimum atomic E-state index is 0.809. The van der Waals surface area contributed by atoms with Crippen LogP contribution in [0, 0.1) is 0 Å². The minimum absolute atomic E-state index is 0.809. The molecular weight excluding hydrogens is 1520 g/mol. The number of fused-ring (bicyclic) bond motifs is 15. The fourth-order valence-electron chi connectivity index (χ4n) is 19.1. The van der Waals surface area contributed by atoms with E-state index in [-0.39, 0.29) is 0 Å². The highest BCUT2D eigenvalue weighted by atomic mass is 16.3. The third kappa shape index (κ3) is 12.8. The number of benzene rings is 21. The van der Waals surface area contributed by atoms with E-state index in [1.165, 1.54) is 26.9 Å². The maximum Gasteiger partial charge on any atom is 0.159 e. The van der Waals surface area contributed by atoms with E-state index in [4.69, 9.17) is 13.3 Å². The van der Waals surface area contributed by atoms with Crippen LogP contribution in [0.1, 0.15) is 0 Å². The Hall–Kier alpha value is -16.7. The summed E-state index contributed by atoms with van der Waals surface area (Å²) in [4.78, 5) is 9.58. The first-order valence-electron chi connectivity index (χ1n) is 42.6. The second kappa shape index (κ2) is 30.2. The molecule has 0 N–H and O–H groups in total. The molecule has 24 rings (SSSR count). The lowest BCUT2D eigenvalue weighted by atomic mass is 9.90. The number of furan rings is 3. The quantitative estimate of drug-likeness (QED) is 0.0842. The van der Waals surface area contributed by atoms with Crippen molar-refractivity contribution in [1.82, 2.24) is 0 Å². The van der Waals surface area contributed by atoms with Gasteiger partial charge in [0, 0.05) is 94.8 Å². The van der Waals surface area contributed by atoms with Crippen LogP contribution in [0.2, 0.25) is 0 Å². The molecule has 0 bridgehead atoms. The number of para-hydroxylation sites is 9. The van der Waals surface area contributed by atoms with Crippen molar-refractivity contribution in [2.45, 2.75) is 0 Å². The lowest BCUT2D eigenvalue weighted by molar-refractivity contribution is 0.668. The molecule has 21 aromatic carbocycles. The fraction of sp³-hybridized carbons (Fsp3) is 0. The van der Waals surface area contributed by atoms with Crippen LogP contribution in [0.4, 0.5) is 68.2 Å². The molecule has 0 unspecified atom stereocenters. The summed E-state index contributed by atoms with van der Waals surface area (Å²) < 4.78 is 19.9. The Kier molecular flexibility index (Phi) is 17.5. The van der Waals surface area contributed by atoms with Gasteiger partial charge in [-0.05, 0) is 269 Å². The molecule has 0 atom stereocenters. The van der Waals surface area contributed by atoms with Crippen molar-refractivity contribution >= 4 is 177 Å². The first-order chi connectivity index (χ1) is 61.9. The van der Waals surface area contributed by atoms with Gasteiger partial charge in [-0.15, -0.1) is 0 Å². The van der Waals surface area contributed by atoms with Gasteiger partial charge in [0.05, 0.1) is 11.4 Å². The van der Waals surface area contributed by atoms with E-state index in [9.17, 15) is 0 Å². The smallest absolute Gasteiger partial charge is 0.159 e. The normalized spacial score (nSPS) is 11.7. The molecule has 0 spiro atoms. The van der Waals surface area contributed by atoms with E-state index >= 15 is 0 Å². The van der Waals surface area contributed by atoms with E-state index in [0.717, 1.165) is 206 Å². The summed E-state index contributed by atoms with van der Waals surface area (Å²) in [7, 11) is 0. The monoisotopic (exact) mass is 1600 g/mol. The average Bonchev–Trinajstić information content (AvgIpc) is 1.03. The van der Waals surface area contributed by atoms with Crippen LogP contribution >= 0.6 is 0 Å². The molecule has 0 aliphatic heterocycles. The molecule has 0 radical (unpaired) electrons. The van der Waals surface area contributed by atoms with E-state index in [1.807, 2.05) is 30.3 Å². The van der Waals surface area contributed by atoms with E-state index in [2.05, 4.69) is 450 Å². The van der Waals surface area contributed by atoms with E-state index < -0.39 is 0 Å². The molecule has 0 saturated heterocycles. The Morgan fingerprint density at radius 1 is 0.136 bits per heavy atom. The summed E-state index contributed by atoms with van der Waals surface area (Å²) in [5, 5.41) is 15.8. The molecular formula is C118H76N4O3. The SMILES string of the molecule is c1ccc(N(c2cc(-c3cc4ccccc4c4ccccc34)cc(N(c3ccccc3)c3ccccc3-c3ccc(-c4cccc(-c5ccc6cc(-c7cc(N(c8ccccc8)c8ccc9oc%10ccccc%10c9c8)cc(N(c8ccccc8)c8cccc9c8oc8ccccc89)c7)c7ccccc7c6c5)c4)cc3)c2)c2ccc3oc4ccccc4c3c2)cc1. The summed E-state index contributed by atoms with van der Waals surface area (Å²) in [5.74, 6) is 0. The van der Waals surface area contributed by atoms with Gasteiger partial charge in [-0.2, -0.15) is 0 Å². The molecule has 0 saturated carbocycles. The van der Waals surface area contributed by atoms with Crippen molar-refractivity contribution in [3.05, 3.63) is 461 Å². The highest BCUT2D eigenvalue weighted by Crippen LogP contribution is 2.52. The Morgan fingerprint density at radius 2 is 0.496 bits per heavy atom. The number of rotatable bonds is 17. The number of hydrogen-bond acceptors (Lipinski definition) is 7. The lowest BCUT2D eigenvalue weighted by Gasteiger charge is -2.31. The molecule has 7 nitrogen and oxygen atoms in total. The van der Waals surface area contributed by atoms with E-state index in [0.29, 0.717) is 0 Å². The summed E-state index contributed by atoms with van der Waals surface area (Å²) in [6.45, 7) is 0. The third-order valence-corrected chi connectivity index (χ3v) is 24.9. The Morgan fingerprint density at radius 3 is 1.04 bits per heavy atom. The van der Waals surface area contributed by atoms with Crippen LogP contribution in [-0.2, 0) is 0 Å². The van der Waals surface area contributed by atoms with Crippen molar-refractivity contribution in [2.75, 3.05) is 19.6 Å². The molecule has 0 amide bonds. The van der Waals surface area contributed by atoms with Gasteiger partial charge in [0.1, 0.15) is 27.9 Å². The van der Waals surface area contributed by atoms with Gasteiger partial charge in [-0.25, -0.2) is 0 Å². The molecule has 3 aromatic heterocycles. The fourth-order valence-corrected chi connectivity index (χ4v) is 19.1. The zero-order valence-electron chi connectivity index (χ0n) is 67.9. The Balaban J connectivity index is 0.616. The van der Waals surface area contributed by atoms with Crippen molar-refractivity contribution < 1.29 is 13.3 Å². The molecule has 0 aliphatic rings. The summed E-state index contributed by atoms with van der Waals surface area (Å²) in [6, 6.07) is 167. The summed E-state index contributed by atoms with van der Waals surface area (Å²) in [5.41, 5.74) is 28.1. The second-order valence-electron chi connectivity index (χ2n) is 32.2. The largest absolute Gasteiger partial charge is 0.456 e. The van der Waals surface area contributed by atoms with Crippen molar-refractivity contribution in [1.29, 1.82) is 0 Å². The highest BCUT2D eigenvalue weighted by Gasteiger charge is 2.28. The lowest BCUT2D eigenvalue weighted by Crippen LogP contribution is -2.14. The van der Waals surface area contributed by atoms with Gasteiger partial charge in [-0.1, -0.05) is 285 Å². The maximum absolute atomic E-state index is 6.94. The topological polar surface area (TPSA) is 52.4 Å². The molecule has 125 heavy (non-hydrogen) atoms. The predicted molar refractivity (Wildman–Crippen MR) is 524 cm³/mol. The van der Waals surface area contributed by atoms with E-state index in [1.54, 1.807) is 0 Å². The van der Waals surface area contributed by atoms with Gasteiger partial charge in [0.2, 0.25) is 0 Å². The average molecular weight is 1600 g/mol. The van der Waals surface area contributed by atoms with Crippen LogP contribution in [-0.4, -0.2) is 0 Å². The minimum Gasteiger partial charge on any atom is -0.456 e. The number of nitrogens with zero attached hydrogens (tertiary/aromatic N) is 4. The predicted octanol–water partition coefficient (Wildman–Crippen LogP) is 34.2. The molecule has 0 fully saturated rings. The van der Waals surface area contributed by atoms with Crippen molar-refractivity contribution in [3.8, 4) is 55.6 Å². The van der Waals surface area contributed by atoms with Crippen LogP contribution in [0.15, 0.2) is 474 Å². The maximum atomic E-state index is 6.94. The standard InChI is InChI=1S/C118H76N4O3/c1-5-32-86(33-6-1)119(90-61-63-116-109(75-90)103-47-21-24-52-113(103)123-116)92-66-84(107-71-82-29-13-14-40-96(82)98-42-15-16-43-99(98)107)68-94(73-92)121(88-36-9-3-10-37-88)111-50-23-19-41-97(111)78-57-55-77(56-58-78)79-30-27-31-80(65-79)81-59-60-83-72-108(101-45-18-17-44-100(101)106(83)70-81)85-67-93(120(87-34-7-2-8-35-87)91-62-64-117-110(76-91)104-48-22-25-53-114(104)124-117)74-95(69-85)122(89-38-11-4-12-39-89)112-51-28-49-105-102-46-20-26-54-115(102)125-118(105)112/h1-76H. The molecule has 24 aromatic rings. The Labute approximate surface area is 721 Å². The molecule has 7 heteroatoms. The first-order valence-corrected chi connectivity index (χ1v) is 42.6. The number of anilines is 12. The van der Waals surface area contributed by atoms with Crippen LogP contribution < -0.4 is 19.6 Å². The van der Waals surface area contributed by atoms with Gasteiger partial charge in [0.25, 0.3) is 0 Å². The van der Waals surface area contributed by atoms with Crippen LogP contribution in [0.25, 0.3) is 165 Å². The van der Waals surface area contributed by atoms with Crippen molar-refractivity contribution in [3.63, 3.8) is 0 Å². The van der Waals surface area contributed by atoms with Gasteiger partial charge < -0.3 is 32.9 Å². The Bertz CT molecular complexity index is 8320. The zero-order valence-corrected chi connectivity index (χ0v) is 67.9. The first kappa shape index (κ1) is 72.3. The van der Waals surface area contributed by atoms with Gasteiger partial charge >= 0.3 is 0 Å². The summed E-state index contributed by atoms with van der Waals surface area (Å²) >= 11 is 0. The summed E-state index contributed by atoms with van der Waals surface area (Å²) in [6.07, 6.45) is 0. The number of hydrogen-bond donors (Lipinski definition) is 0. The molecule has 0 aliphatic carbocycles. The van der Waals surface area contributed by atoms with Gasteiger partial charge in [-0.3, -0.25) is 0 Å². The zero-order chi connectivity index (χ0) is 82.4. The van der Waals surface area contributed by atoms with Crippen LogP contribution in [0.3, 0.4) is 0 Å². The third-order valence-electron chi connectivity index (χ3n) is 24.9. The molecule has 586 valence electrons. The van der Waals surface area contributed by atoms with Crippen LogP contribution in [0.5, 0.6) is 0 Å².